The van der Waals surface area contributed by atoms with E-state index in [1.165, 1.54) is 0 Å². The molecule has 1 spiro atoms. The SMILES string of the molecule is Cc1ccc(CN2CC3(CCOCC3)C(=O)C(C(=O)NCC(=O)O)C2=O)cc1. The zero-order valence-corrected chi connectivity index (χ0v) is 15.8. The van der Waals surface area contributed by atoms with Crippen LogP contribution in [0.4, 0.5) is 0 Å². The van der Waals surface area contributed by atoms with E-state index in [2.05, 4.69) is 5.32 Å². The summed E-state index contributed by atoms with van der Waals surface area (Å²) in [6, 6.07) is 7.71. The number of hydrogen-bond acceptors (Lipinski definition) is 5. The van der Waals surface area contributed by atoms with Crippen LogP contribution < -0.4 is 5.32 Å². The number of ether oxygens (including phenoxy) is 1. The van der Waals surface area contributed by atoms with Gasteiger partial charge in [0.1, 0.15) is 6.54 Å². The fraction of sp³-hybridized carbons (Fsp3) is 0.500. The van der Waals surface area contributed by atoms with Crippen molar-refractivity contribution in [3.63, 3.8) is 0 Å². The standard InChI is InChI=1S/C20H24N2O6/c1-13-2-4-14(5-3-13)11-22-12-20(6-8-28-9-7-20)17(25)16(19(22)27)18(26)21-10-15(23)24/h2-5,16H,6-12H2,1H3,(H,21,26)(H,23,24). The second-order valence-corrected chi connectivity index (χ2v) is 7.48. The lowest BCUT2D eigenvalue weighted by Crippen LogP contribution is -2.62. The topological polar surface area (TPSA) is 113 Å². The minimum atomic E-state index is -1.52. The average molecular weight is 388 g/mol. The molecule has 0 aromatic heterocycles. The second kappa shape index (κ2) is 8.10. The largest absolute Gasteiger partial charge is 0.480 e. The third kappa shape index (κ3) is 4.06. The van der Waals surface area contributed by atoms with Crippen molar-refractivity contribution < 1.29 is 29.0 Å². The summed E-state index contributed by atoms with van der Waals surface area (Å²) >= 11 is 0. The number of Topliss-reactive ketones (excluding diaryl/α,β-unsaturated/α-hetero) is 1. The van der Waals surface area contributed by atoms with E-state index in [1.807, 2.05) is 31.2 Å². The molecule has 2 aliphatic heterocycles. The van der Waals surface area contributed by atoms with E-state index in [-0.39, 0.29) is 13.1 Å². The van der Waals surface area contributed by atoms with Gasteiger partial charge in [-0.2, -0.15) is 0 Å². The zero-order chi connectivity index (χ0) is 20.3. The van der Waals surface area contributed by atoms with Crippen molar-refractivity contribution >= 4 is 23.6 Å². The molecular formula is C20H24N2O6. The third-order valence-electron chi connectivity index (χ3n) is 5.46. The summed E-state index contributed by atoms with van der Waals surface area (Å²) in [6.45, 7) is 2.64. The highest BCUT2D eigenvalue weighted by atomic mass is 16.5. The number of amides is 2. The molecule has 0 saturated carbocycles. The van der Waals surface area contributed by atoms with Crippen LogP contribution >= 0.6 is 0 Å². The molecule has 3 rings (SSSR count). The molecule has 2 heterocycles. The first kappa shape index (κ1) is 20.0. The molecular weight excluding hydrogens is 364 g/mol. The molecule has 0 aliphatic carbocycles. The Morgan fingerprint density at radius 1 is 1.21 bits per heavy atom. The molecule has 28 heavy (non-hydrogen) atoms. The smallest absolute Gasteiger partial charge is 0.322 e. The molecule has 8 nitrogen and oxygen atoms in total. The molecule has 8 heteroatoms. The lowest BCUT2D eigenvalue weighted by molar-refractivity contribution is -0.164. The van der Waals surface area contributed by atoms with Gasteiger partial charge in [-0.3, -0.25) is 19.2 Å². The molecule has 0 radical (unpaired) electrons. The number of carbonyl (C=O) groups excluding carboxylic acids is 3. The number of carboxylic acids is 1. The van der Waals surface area contributed by atoms with Crippen LogP contribution in [0.1, 0.15) is 24.0 Å². The fourth-order valence-electron chi connectivity index (χ4n) is 3.83. The maximum atomic E-state index is 13.1. The monoisotopic (exact) mass is 388 g/mol. The van der Waals surface area contributed by atoms with Gasteiger partial charge in [0.15, 0.2) is 11.7 Å². The van der Waals surface area contributed by atoms with Gasteiger partial charge in [0.25, 0.3) is 0 Å². The normalized spacial score (nSPS) is 21.6. The van der Waals surface area contributed by atoms with Crippen LogP contribution in [0.2, 0.25) is 0 Å². The number of likely N-dealkylation sites (tertiary alicyclic amines) is 1. The van der Waals surface area contributed by atoms with Gasteiger partial charge in [0.2, 0.25) is 11.8 Å². The van der Waals surface area contributed by atoms with E-state index in [4.69, 9.17) is 9.84 Å². The van der Waals surface area contributed by atoms with Crippen molar-refractivity contribution in [1.82, 2.24) is 10.2 Å². The Bertz CT molecular complexity index is 782. The lowest BCUT2D eigenvalue weighted by Gasteiger charge is -2.45. The summed E-state index contributed by atoms with van der Waals surface area (Å²) in [5.74, 6) is -4.61. The zero-order valence-electron chi connectivity index (χ0n) is 15.8. The molecule has 2 N–H and O–H groups in total. The van der Waals surface area contributed by atoms with Gasteiger partial charge < -0.3 is 20.1 Å². The van der Waals surface area contributed by atoms with E-state index in [9.17, 15) is 19.2 Å². The van der Waals surface area contributed by atoms with E-state index >= 15 is 0 Å². The summed E-state index contributed by atoms with van der Waals surface area (Å²) in [6.07, 6.45) is 0.873. The Kier molecular flexibility index (Phi) is 5.79. The second-order valence-electron chi connectivity index (χ2n) is 7.48. The van der Waals surface area contributed by atoms with Gasteiger partial charge in [-0.15, -0.1) is 0 Å². The molecule has 1 unspecified atom stereocenters. The number of ketones is 1. The first-order valence-corrected chi connectivity index (χ1v) is 9.28. The molecule has 2 fully saturated rings. The van der Waals surface area contributed by atoms with E-state index in [1.54, 1.807) is 4.90 Å². The average Bonchev–Trinajstić information content (AvgIpc) is 2.67. The van der Waals surface area contributed by atoms with Crippen molar-refractivity contribution in [2.45, 2.75) is 26.3 Å². The molecule has 1 aromatic carbocycles. The number of piperidine rings is 1. The lowest BCUT2D eigenvalue weighted by atomic mass is 9.68. The number of rotatable bonds is 5. The fourth-order valence-corrected chi connectivity index (χ4v) is 3.83. The molecule has 2 aliphatic rings. The van der Waals surface area contributed by atoms with Crippen LogP contribution in [0.3, 0.4) is 0 Å². The summed E-state index contributed by atoms with van der Waals surface area (Å²) in [5.41, 5.74) is 1.16. The number of hydrogen-bond donors (Lipinski definition) is 2. The Labute approximate surface area is 162 Å². The van der Waals surface area contributed by atoms with Crippen molar-refractivity contribution in [2.24, 2.45) is 11.3 Å². The minimum absolute atomic E-state index is 0.241. The van der Waals surface area contributed by atoms with Crippen LogP contribution in [0.5, 0.6) is 0 Å². The van der Waals surface area contributed by atoms with Gasteiger partial charge in [0, 0.05) is 26.3 Å². The predicted molar refractivity (Wildman–Crippen MR) is 98.2 cm³/mol. The number of nitrogens with one attached hydrogen (secondary N) is 1. The molecule has 2 amide bonds. The third-order valence-corrected chi connectivity index (χ3v) is 5.46. The highest BCUT2D eigenvalue weighted by Gasteiger charge is 2.54. The van der Waals surface area contributed by atoms with E-state index in [0.29, 0.717) is 26.1 Å². The Balaban J connectivity index is 1.87. The first-order chi connectivity index (χ1) is 13.3. The quantitative estimate of drug-likeness (QED) is 0.711. The maximum Gasteiger partial charge on any atom is 0.322 e. The van der Waals surface area contributed by atoms with E-state index in [0.717, 1.165) is 11.1 Å². The van der Waals surface area contributed by atoms with Gasteiger partial charge in [0.05, 0.1) is 5.41 Å². The van der Waals surface area contributed by atoms with Crippen LogP contribution in [-0.2, 0) is 30.5 Å². The van der Waals surface area contributed by atoms with Crippen molar-refractivity contribution in [1.29, 1.82) is 0 Å². The molecule has 1 atom stereocenters. The van der Waals surface area contributed by atoms with Gasteiger partial charge in [-0.1, -0.05) is 29.8 Å². The van der Waals surface area contributed by atoms with Crippen LogP contribution in [0.25, 0.3) is 0 Å². The summed E-state index contributed by atoms with van der Waals surface area (Å²) in [4.78, 5) is 50.9. The number of benzene rings is 1. The highest BCUT2D eigenvalue weighted by molar-refractivity contribution is 6.21. The molecule has 1 aromatic rings. The van der Waals surface area contributed by atoms with Crippen LogP contribution in [0.15, 0.2) is 24.3 Å². The number of aliphatic carboxylic acids is 1. The minimum Gasteiger partial charge on any atom is -0.480 e. The summed E-state index contributed by atoms with van der Waals surface area (Å²) in [5, 5.41) is 11.0. The number of aryl methyl sites for hydroxylation is 1. The van der Waals surface area contributed by atoms with E-state index < -0.39 is 41.4 Å². The highest BCUT2D eigenvalue weighted by Crippen LogP contribution is 2.39. The maximum absolute atomic E-state index is 13.1. The van der Waals surface area contributed by atoms with Gasteiger partial charge in [-0.05, 0) is 25.3 Å². The van der Waals surface area contributed by atoms with Crippen molar-refractivity contribution in [3.05, 3.63) is 35.4 Å². The van der Waals surface area contributed by atoms with Crippen LogP contribution in [-0.4, -0.2) is 59.9 Å². The molecule has 0 bridgehead atoms. The first-order valence-electron chi connectivity index (χ1n) is 9.28. The van der Waals surface area contributed by atoms with Crippen molar-refractivity contribution in [2.75, 3.05) is 26.3 Å². The number of carbonyl (C=O) groups is 4. The van der Waals surface area contributed by atoms with Crippen LogP contribution in [0, 0.1) is 18.3 Å². The van der Waals surface area contributed by atoms with Gasteiger partial charge in [-0.25, -0.2) is 0 Å². The Morgan fingerprint density at radius 3 is 2.46 bits per heavy atom. The number of carboxylic acid groups (broad SMARTS) is 1. The Morgan fingerprint density at radius 2 is 1.86 bits per heavy atom. The molecule has 2 saturated heterocycles. The van der Waals surface area contributed by atoms with Gasteiger partial charge >= 0.3 is 5.97 Å². The molecule has 150 valence electrons. The summed E-state index contributed by atoms with van der Waals surface area (Å²) in [7, 11) is 0. The predicted octanol–water partition coefficient (Wildman–Crippen LogP) is 0.520. The number of nitrogens with zero attached hydrogens (tertiary/aromatic N) is 1. The summed E-state index contributed by atoms with van der Waals surface area (Å²) < 4.78 is 5.38. The Hall–Kier alpha value is -2.74. The van der Waals surface area contributed by atoms with Crippen molar-refractivity contribution in [3.8, 4) is 0 Å².